The summed E-state index contributed by atoms with van der Waals surface area (Å²) >= 11 is 1.79. The van der Waals surface area contributed by atoms with Crippen LogP contribution in [-0.4, -0.2) is 11.0 Å². The molecule has 0 spiro atoms. The van der Waals surface area contributed by atoms with Crippen LogP contribution in [0.2, 0.25) is 0 Å². The highest BCUT2D eigenvalue weighted by atomic mass is 32.2. The van der Waals surface area contributed by atoms with Crippen molar-refractivity contribution in [2.75, 3.05) is 0 Å². The molecule has 0 amide bonds. The lowest BCUT2D eigenvalue weighted by atomic mass is 9.98. The van der Waals surface area contributed by atoms with E-state index >= 15 is 0 Å². The molecule has 0 radical (unpaired) electrons. The smallest absolute Gasteiger partial charge is 0.176 e. The maximum atomic E-state index is 12.0. The van der Waals surface area contributed by atoms with E-state index in [1.54, 1.807) is 11.8 Å². The van der Waals surface area contributed by atoms with E-state index in [0.29, 0.717) is 11.0 Å². The van der Waals surface area contributed by atoms with Crippen molar-refractivity contribution in [3.05, 3.63) is 35.4 Å². The molecule has 0 aliphatic carbocycles. The molecular formula is C12H14OS. The molecule has 1 aromatic rings. The fraction of sp³-hybridized carbons (Fsp3) is 0.417. The van der Waals surface area contributed by atoms with Gasteiger partial charge in [-0.1, -0.05) is 31.2 Å². The van der Waals surface area contributed by atoms with E-state index in [1.165, 1.54) is 5.56 Å². The van der Waals surface area contributed by atoms with Crippen molar-refractivity contribution in [2.45, 2.75) is 30.8 Å². The zero-order valence-corrected chi connectivity index (χ0v) is 9.30. The van der Waals surface area contributed by atoms with E-state index in [2.05, 4.69) is 19.9 Å². The van der Waals surface area contributed by atoms with Gasteiger partial charge < -0.3 is 0 Å². The molecule has 14 heavy (non-hydrogen) atoms. The van der Waals surface area contributed by atoms with Gasteiger partial charge in [0.15, 0.2) is 5.78 Å². The Hall–Kier alpha value is -0.760. The van der Waals surface area contributed by atoms with Gasteiger partial charge in [0, 0.05) is 10.8 Å². The van der Waals surface area contributed by atoms with Crippen molar-refractivity contribution < 1.29 is 4.79 Å². The standard InChI is InChI=1S/C12H14OS/c1-3-11-12(13)10-7-5-4-6-9(10)8(2)14-11/h4-8,11H,3H2,1-2H3. The summed E-state index contributed by atoms with van der Waals surface area (Å²) in [6, 6.07) is 7.98. The maximum absolute atomic E-state index is 12.0. The second-order valence-electron chi connectivity index (χ2n) is 3.63. The van der Waals surface area contributed by atoms with Crippen LogP contribution in [0.1, 0.15) is 41.4 Å². The Balaban J connectivity index is 2.46. The Morgan fingerprint density at radius 3 is 2.79 bits per heavy atom. The van der Waals surface area contributed by atoms with Gasteiger partial charge in [0.05, 0.1) is 5.25 Å². The van der Waals surface area contributed by atoms with Crippen LogP contribution in [0.15, 0.2) is 24.3 Å². The van der Waals surface area contributed by atoms with Crippen LogP contribution in [0.4, 0.5) is 0 Å². The molecule has 1 heterocycles. The van der Waals surface area contributed by atoms with Crippen molar-refractivity contribution >= 4 is 17.5 Å². The van der Waals surface area contributed by atoms with Gasteiger partial charge in [-0.3, -0.25) is 4.79 Å². The minimum Gasteiger partial charge on any atom is -0.293 e. The van der Waals surface area contributed by atoms with Gasteiger partial charge in [-0.05, 0) is 18.9 Å². The van der Waals surface area contributed by atoms with E-state index in [1.807, 2.05) is 18.2 Å². The molecule has 2 rings (SSSR count). The molecule has 0 saturated carbocycles. The van der Waals surface area contributed by atoms with Gasteiger partial charge in [0.2, 0.25) is 0 Å². The first-order valence-electron chi connectivity index (χ1n) is 5.02. The van der Waals surface area contributed by atoms with Crippen molar-refractivity contribution in [1.29, 1.82) is 0 Å². The third kappa shape index (κ3) is 1.48. The topological polar surface area (TPSA) is 17.1 Å². The molecule has 0 fully saturated rings. The third-order valence-corrected chi connectivity index (χ3v) is 4.23. The lowest BCUT2D eigenvalue weighted by Gasteiger charge is -2.27. The number of hydrogen-bond donors (Lipinski definition) is 0. The predicted octanol–water partition coefficient (Wildman–Crippen LogP) is 3.46. The second kappa shape index (κ2) is 3.77. The van der Waals surface area contributed by atoms with Gasteiger partial charge in [0.25, 0.3) is 0 Å². The van der Waals surface area contributed by atoms with Crippen molar-refractivity contribution in [3.63, 3.8) is 0 Å². The number of fused-ring (bicyclic) bond motifs is 1. The molecule has 0 bridgehead atoms. The highest BCUT2D eigenvalue weighted by molar-refractivity contribution is 8.01. The molecule has 0 aromatic heterocycles. The Morgan fingerprint density at radius 2 is 2.07 bits per heavy atom. The molecule has 1 nitrogen and oxygen atoms in total. The molecule has 1 aromatic carbocycles. The SMILES string of the molecule is CCC1SC(C)c2ccccc2C1=O. The maximum Gasteiger partial charge on any atom is 0.176 e. The third-order valence-electron chi connectivity index (χ3n) is 2.70. The number of benzene rings is 1. The van der Waals surface area contributed by atoms with Crippen LogP contribution in [0.25, 0.3) is 0 Å². The van der Waals surface area contributed by atoms with E-state index in [-0.39, 0.29) is 5.25 Å². The quantitative estimate of drug-likeness (QED) is 0.700. The first-order valence-corrected chi connectivity index (χ1v) is 5.97. The van der Waals surface area contributed by atoms with Crippen molar-refractivity contribution in [3.8, 4) is 0 Å². The fourth-order valence-electron chi connectivity index (χ4n) is 1.91. The van der Waals surface area contributed by atoms with Gasteiger partial charge >= 0.3 is 0 Å². The van der Waals surface area contributed by atoms with Gasteiger partial charge in [-0.25, -0.2) is 0 Å². The number of carbonyl (C=O) groups excluding carboxylic acids is 1. The Bertz CT molecular complexity index is 359. The first-order chi connectivity index (χ1) is 6.74. The minimum absolute atomic E-state index is 0.167. The van der Waals surface area contributed by atoms with Crippen LogP contribution >= 0.6 is 11.8 Å². The summed E-state index contributed by atoms with van der Waals surface area (Å²) in [6.45, 7) is 4.26. The normalized spacial score (nSPS) is 26.0. The predicted molar refractivity (Wildman–Crippen MR) is 60.9 cm³/mol. The number of thioether (sulfide) groups is 1. The molecule has 2 atom stereocenters. The number of hydrogen-bond acceptors (Lipinski definition) is 2. The number of ketones is 1. The number of carbonyl (C=O) groups is 1. The van der Waals surface area contributed by atoms with Gasteiger partial charge in [-0.2, -0.15) is 0 Å². The first kappa shape index (κ1) is 9.78. The zero-order chi connectivity index (χ0) is 10.1. The van der Waals surface area contributed by atoms with Crippen molar-refractivity contribution in [1.82, 2.24) is 0 Å². The van der Waals surface area contributed by atoms with Crippen LogP contribution in [-0.2, 0) is 0 Å². The summed E-state index contributed by atoms with van der Waals surface area (Å²) in [7, 11) is 0. The average Bonchev–Trinajstić information content (AvgIpc) is 2.23. The Kier molecular flexibility index (Phi) is 2.64. The lowest BCUT2D eigenvalue weighted by Crippen LogP contribution is -2.24. The van der Waals surface area contributed by atoms with E-state index in [0.717, 1.165) is 12.0 Å². The summed E-state index contributed by atoms with van der Waals surface area (Å²) in [4.78, 5) is 12.0. The average molecular weight is 206 g/mol. The summed E-state index contributed by atoms with van der Waals surface area (Å²) in [6.07, 6.45) is 0.933. The highest BCUT2D eigenvalue weighted by Crippen LogP contribution is 2.41. The minimum atomic E-state index is 0.167. The highest BCUT2D eigenvalue weighted by Gasteiger charge is 2.30. The van der Waals surface area contributed by atoms with Crippen LogP contribution in [0.3, 0.4) is 0 Å². The molecule has 0 N–H and O–H groups in total. The molecule has 2 heteroatoms. The van der Waals surface area contributed by atoms with Crippen LogP contribution in [0, 0.1) is 0 Å². The molecule has 0 saturated heterocycles. The van der Waals surface area contributed by atoms with E-state index in [9.17, 15) is 4.79 Å². The summed E-state index contributed by atoms with van der Waals surface area (Å²) in [5, 5.41) is 0.619. The fourth-order valence-corrected chi connectivity index (χ4v) is 3.20. The summed E-state index contributed by atoms with van der Waals surface area (Å²) in [5.41, 5.74) is 2.14. The largest absolute Gasteiger partial charge is 0.293 e. The molecular weight excluding hydrogens is 192 g/mol. The monoisotopic (exact) mass is 206 g/mol. The molecule has 1 aliphatic heterocycles. The van der Waals surface area contributed by atoms with Crippen LogP contribution in [0.5, 0.6) is 0 Å². The summed E-state index contributed by atoms with van der Waals surface area (Å²) in [5.74, 6) is 0.311. The number of Topliss-reactive ketones (excluding diaryl/α,β-unsaturated/α-hetero) is 1. The molecule has 1 aliphatic rings. The lowest BCUT2D eigenvalue weighted by molar-refractivity contribution is 0.0985. The Labute approximate surface area is 88.9 Å². The zero-order valence-electron chi connectivity index (χ0n) is 8.49. The number of rotatable bonds is 1. The van der Waals surface area contributed by atoms with Crippen LogP contribution < -0.4 is 0 Å². The van der Waals surface area contributed by atoms with Gasteiger partial charge in [0.1, 0.15) is 0 Å². The van der Waals surface area contributed by atoms with E-state index in [4.69, 9.17) is 0 Å². The second-order valence-corrected chi connectivity index (χ2v) is 5.18. The molecule has 2 unspecified atom stereocenters. The Morgan fingerprint density at radius 1 is 1.36 bits per heavy atom. The molecule has 74 valence electrons. The van der Waals surface area contributed by atoms with Gasteiger partial charge in [-0.15, -0.1) is 11.8 Å². The van der Waals surface area contributed by atoms with E-state index < -0.39 is 0 Å². The summed E-state index contributed by atoms with van der Waals surface area (Å²) < 4.78 is 0. The van der Waals surface area contributed by atoms with Crippen molar-refractivity contribution in [2.24, 2.45) is 0 Å².